The standard InChI is InChI=1S/C8H12N2/c1-3-5-8-9-6-7-10(8)4-2/h4,6-7H,2-3,5H2,1H3. The molecule has 0 aliphatic carbocycles. The van der Waals surface area contributed by atoms with Gasteiger partial charge >= 0.3 is 0 Å². The lowest BCUT2D eigenvalue weighted by Crippen LogP contribution is -1.93. The minimum Gasteiger partial charge on any atom is -0.311 e. The van der Waals surface area contributed by atoms with Crippen LogP contribution in [-0.4, -0.2) is 9.55 Å². The molecule has 10 heavy (non-hydrogen) atoms. The molecule has 0 aliphatic heterocycles. The van der Waals surface area contributed by atoms with Crippen molar-refractivity contribution in [3.63, 3.8) is 0 Å². The van der Waals surface area contributed by atoms with E-state index in [2.05, 4.69) is 18.5 Å². The van der Waals surface area contributed by atoms with E-state index in [-0.39, 0.29) is 0 Å². The van der Waals surface area contributed by atoms with Gasteiger partial charge in [-0.25, -0.2) is 4.98 Å². The molecule has 0 unspecified atom stereocenters. The minimum atomic E-state index is 1.03. The van der Waals surface area contributed by atoms with Crippen LogP contribution >= 0.6 is 0 Å². The van der Waals surface area contributed by atoms with E-state index in [1.165, 1.54) is 0 Å². The van der Waals surface area contributed by atoms with E-state index < -0.39 is 0 Å². The highest BCUT2D eigenvalue weighted by Gasteiger charge is 1.95. The van der Waals surface area contributed by atoms with Crippen LogP contribution in [0.1, 0.15) is 19.2 Å². The Hall–Kier alpha value is -1.05. The van der Waals surface area contributed by atoms with Gasteiger partial charge in [-0.05, 0) is 6.42 Å². The van der Waals surface area contributed by atoms with E-state index in [1.807, 2.05) is 10.8 Å². The summed E-state index contributed by atoms with van der Waals surface area (Å²) in [6, 6.07) is 0. The Morgan fingerprint density at radius 1 is 1.80 bits per heavy atom. The van der Waals surface area contributed by atoms with Gasteiger partial charge in [0.05, 0.1) is 0 Å². The summed E-state index contributed by atoms with van der Waals surface area (Å²) < 4.78 is 1.95. The Bertz CT molecular complexity index is 213. The molecular weight excluding hydrogens is 124 g/mol. The molecule has 1 aromatic heterocycles. The normalized spacial score (nSPS) is 9.70. The lowest BCUT2D eigenvalue weighted by Gasteiger charge is -1.97. The summed E-state index contributed by atoms with van der Waals surface area (Å²) in [4.78, 5) is 4.17. The van der Waals surface area contributed by atoms with Gasteiger partial charge in [0.2, 0.25) is 0 Å². The molecule has 0 aromatic carbocycles. The number of nitrogens with zero attached hydrogens (tertiary/aromatic N) is 2. The van der Waals surface area contributed by atoms with Gasteiger partial charge in [0.1, 0.15) is 5.82 Å². The van der Waals surface area contributed by atoms with Crippen molar-refractivity contribution in [2.45, 2.75) is 19.8 Å². The number of imidazole rings is 1. The molecular formula is C8H12N2. The first kappa shape index (κ1) is 7.06. The Balaban J connectivity index is 2.79. The van der Waals surface area contributed by atoms with Crippen molar-refractivity contribution < 1.29 is 0 Å². The Morgan fingerprint density at radius 3 is 3.20 bits per heavy atom. The molecule has 2 heteroatoms. The molecule has 2 nitrogen and oxygen atoms in total. The first-order valence-electron chi connectivity index (χ1n) is 3.52. The van der Waals surface area contributed by atoms with E-state index in [0.717, 1.165) is 18.7 Å². The molecule has 0 radical (unpaired) electrons. The average Bonchev–Trinajstić information content (AvgIpc) is 2.36. The van der Waals surface area contributed by atoms with Crippen LogP contribution < -0.4 is 0 Å². The van der Waals surface area contributed by atoms with Crippen molar-refractivity contribution in [1.82, 2.24) is 9.55 Å². The smallest absolute Gasteiger partial charge is 0.112 e. The highest BCUT2D eigenvalue weighted by atomic mass is 15.0. The molecule has 54 valence electrons. The van der Waals surface area contributed by atoms with Crippen molar-refractivity contribution in [2.75, 3.05) is 0 Å². The van der Waals surface area contributed by atoms with E-state index in [9.17, 15) is 0 Å². The van der Waals surface area contributed by atoms with Crippen molar-refractivity contribution in [1.29, 1.82) is 0 Å². The Labute approximate surface area is 61.2 Å². The second-order valence-electron chi connectivity index (χ2n) is 2.18. The van der Waals surface area contributed by atoms with Crippen LogP contribution in [0.25, 0.3) is 6.20 Å². The molecule has 1 rings (SSSR count). The van der Waals surface area contributed by atoms with Crippen LogP contribution in [0, 0.1) is 0 Å². The molecule has 0 atom stereocenters. The molecule has 0 N–H and O–H groups in total. The van der Waals surface area contributed by atoms with Gasteiger partial charge in [0.15, 0.2) is 0 Å². The third-order valence-corrected chi connectivity index (χ3v) is 1.42. The number of aryl methyl sites for hydroxylation is 1. The van der Waals surface area contributed by atoms with Gasteiger partial charge < -0.3 is 4.57 Å². The third-order valence-electron chi connectivity index (χ3n) is 1.42. The molecule has 0 amide bonds. The Morgan fingerprint density at radius 2 is 2.60 bits per heavy atom. The lowest BCUT2D eigenvalue weighted by molar-refractivity contribution is 0.825. The predicted octanol–water partition coefficient (Wildman–Crippen LogP) is 1.94. The maximum Gasteiger partial charge on any atom is 0.112 e. The largest absolute Gasteiger partial charge is 0.311 e. The summed E-state index contributed by atoms with van der Waals surface area (Å²) in [5, 5.41) is 0. The van der Waals surface area contributed by atoms with Gasteiger partial charge in [-0.1, -0.05) is 13.5 Å². The maximum atomic E-state index is 4.17. The van der Waals surface area contributed by atoms with Crippen molar-refractivity contribution in [3.05, 3.63) is 24.8 Å². The van der Waals surface area contributed by atoms with Crippen molar-refractivity contribution in [3.8, 4) is 0 Å². The first-order valence-corrected chi connectivity index (χ1v) is 3.52. The van der Waals surface area contributed by atoms with Crippen LogP contribution in [0.4, 0.5) is 0 Å². The zero-order chi connectivity index (χ0) is 7.40. The Kier molecular flexibility index (Phi) is 2.26. The monoisotopic (exact) mass is 136 g/mol. The molecule has 0 aliphatic rings. The predicted molar refractivity (Wildman–Crippen MR) is 42.6 cm³/mol. The van der Waals surface area contributed by atoms with E-state index in [1.54, 1.807) is 12.4 Å². The van der Waals surface area contributed by atoms with Crippen LogP contribution in [0.3, 0.4) is 0 Å². The molecule has 1 heterocycles. The second-order valence-corrected chi connectivity index (χ2v) is 2.18. The summed E-state index contributed by atoms with van der Waals surface area (Å²) in [5.41, 5.74) is 0. The highest BCUT2D eigenvalue weighted by Crippen LogP contribution is 2.00. The third kappa shape index (κ3) is 1.26. The van der Waals surface area contributed by atoms with Gasteiger partial charge in [-0.15, -0.1) is 0 Å². The fourth-order valence-electron chi connectivity index (χ4n) is 0.927. The molecule has 0 spiro atoms. The van der Waals surface area contributed by atoms with Crippen LogP contribution in [0.2, 0.25) is 0 Å². The number of hydrogen-bond acceptors (Lipinski definition) is 1. The summed E-state index contributed by atoms with van der Waals surface area (Å²) in [5.74, 6) is 1.09. The van der Waals surface area contributed by atoms with Gasteiger partial charge in [-0.3, -0.25) is 0 Å². The van der Waals surface area contributed by atoms with Gasteiger partial charge in [0, 0.05) is 25.0 Å². The number of aromatic nitrogens is 2. The molecule has 0 saturated carbocycles. The molecule has 0 bridgehead atoms. The average molecular weight is 136 g/mol. The van der Waals surface area contributed by atoms with Crippen LogP contribution in [0.15, 0.2) is 19.0 Å². The van der Waals surface area contributed by atoms with Gasteiger partial charge in [0.25, 0.3) is 0 Å². The van der Waals surface area contributed by atoms with E-state index in [0.29, 0.717) is 0 Å². The van der Waals surface area contributed by atoms with E-state index >= 15 is 0 Å². The first-order chi connectivity index (χ1) is 4.88. The fraction of sp³-hybridized carbons (Fsp3) is 0.375. The summed E-state index contributed by atoms with van der Waals surface area (Å²) >= 11 is 0. The van der Waals surface area contributed by atoms with Crippen molar-refractivity contribution in [2.24, 2.45) is 0 Å². The quantitative estimate of drug-likeness (QED) is 0.621. The lowest BCUT2D eigenvalue weighted by atomic mass is 10.3. The molecule has 0 saturated heterocycles. The highest BCUT2D eigenvalue weighted by molar-refractivity contribution is 5.19. The fourth-order valence-corrected chi connectivity index (χ4v) is 0.927. The SMILES string of the molecule is C=Cn1ccnc1CCC. The summed E-state index contributed by atoms with van der Waals surface area (Å²) in [6.07, 6.45) is 7.65. The van der Waals surface area contributed by atoms with Gasteiger partial charge in [-0.2, -0.15) is 0 Å². The zero-order valence-electron chi connectivity index (χ0n) is 6.25. The van der Waals surface area contributed by atoms with Crippen LogP contribution in [0.5, 0.6) is 0 Å². The number of rotatable bonds is 3. The van der Waals surface area contributed by atoms with Crippen LogP contribution in [-0.2, 0) is 6.42 Å². The van der Waals surface area contributed by atoms with E-state index in [4.69, 9.17) is 0 Å². The second kappa shape index (κ2) is 3.20. The topological polar surface area (TPSA) is 17.8 Å². The van der Waals surface area contributed by atoms with Crippen molar-refractivity contribution >= 4 is 6.20 Å². The zero-order valence-corrected chi connectivity index (χ0v) is 6.25. The number of hydrogen-bond donors (Lipinski definition) is 0. The summed E-state index contributed by atoms with van der Waals surface area (Å²) in [6.45, 7) is 5.81. The minimum absolute atomic E-state index is 1.03. The molecule has 1 aromatic rings. The maximum absolute atomic E-state index is 4.17. The summed E-state index contributed by atoms with van der Waals surface area (Å²) in [7, 11) is 0. The molecule has 0 fully saturated rings.